The van der Waals surface area contributed by atoms with Crippen LogP contribution < -0.4 is 9.47 Å². The molecule has 2 bridgehead atoms. The van der Waals surface area contributed by atoms with Crippen molar-refractivity contribution < 1.29 is 19.1 Å². The summed E-state index contributed by atoms with van der Waals surface area (Å²) in [5.41, 5.74) is 0.755. The third kappa shape index (κ3) is 3.05. The van der Waals surface area contributed by atoms with Crippen LogP contribution in [0.25, 0.3) is 0 Å². The van der Waals surface area contributed by atoms with Gasteiger partial charge in [0.15, 0.2) is 11.5 Å². The molecule has 0 N–H and O–H groups in total. The highest BCUT2D eigenvalue weighted by Crippen LogP contribution is 2.52. The van der Waals surface area contributed by atoms with Crippen molar-refractivity contribution in [2.75, 3.05) is 13.2 Å². The summed E-state index contributed by atoms with van der Waals surface area (Å²) in [4.78, 5) is 25.4. The van der Waals surface area contributed by atoms with Gasteiger partial charge in [-0.15, -0.1) is 0 Å². The summed E-state index contributed by atoms with van der Waals surface area (Å²) in [6, 6.07) is 3.71. The van der Waals surface area contributed by atoms with Crippen LogP contribution in [0.4, 0.5) is 0 Å². The molecule has 6 nitrogen and oxygen atoms in total. The first-order valence-corrected chi connectivity index (χ1v) is 10.3. The van der Waals surface area contributed by atoms with E-state index < -0.39 is 0 Å². The molecule has 3 aliphatic rings. The SMILES string of the molecule is CCOc1cc(C=NN2C(=O)[C@@H]3[C@H](C2=O)[C@H]2C=C[C@H]3C2)cc(I)c1OCC. The van der Waals surface area contributed by atoms with Gasteiger partial charge in [0, 0.05) is 0 Å². The largest absolute Gasteiger partial charge is 0.490 e. The molecule has 2 amide bonds. The molecule has 1 saturated carbocycles. The number of carbonyl (C=O) groups is 2. The summed E-state index contributed by atoms with van der Waals surface area (Å²) in [6.45, 7) is 4.88. The molecule has 1 aromatic rings. The predicted molar refractivity (Wildman–Crippen MR) is 109 cm³/mol. The van der Waals surface area contributed by atoms with Crippen LogP contribution in [0.1, 0.15) is 25.8 Å². The van der Waals surface area contributed by atoms with Crippen molar-refractivity contribution in [2.24, 2.45) is 28.8 Å². The van der Waals surface area contributed by atoms with Crippen molar-refractivity contribution in [3.63, 3.8) is 0 Å². The number of hydrazone groups is 1. The number of hydrogen-bond donors (Lipinski definition) is 0. The normalized spacial score (nSPS) is 28.5. The van der Waals surface area contributed by atoms with Crippen LogP contribution in [-0.2, 0) is 9.59 Å². The van der Waals surface area contributed by atoms with Gasteiger partial charge < -0.3 is 9.47 Å². The Morgan fingerprint density at radius 3 is 2.33 bits per heavy atom. The smallest absolute Gasteiger partial charge is 0.254 e. The highest BCUT2D eigenvalue weighted by molar-refractivity contribution is 14.1. The van der Waals surface area contributed by atoms with Crippen LogP contribution in [0, 0.1) is 27.2 Å². The molecule has 0 radical (unpaired) electrons. The van der Waals surface area contributed by atoms with Crippen LogP contribution in [0.15, 0.2) is 29.4 Å². The lowest BCUT2D eigenvalue weighted by molar-refractivity contribution is -0.140. The van der Waals surface area contributed by atoms with E-state index in [0.717, 1.165) is 20.6 Å². The monoisotopic (exact) mass is 480 g/mol. The van der Waals surface area contributed by atoms with E-state index in [2.05, 4.69) is 39.8 Å². The quantitative estimate of drug-likeness (QED) is 0.272. The number of benzene rings is 1. The molecule has 7 heteroatoms. The third-order valence-corrected chi connectivity index (χ3v) is 6.19. The Labute approximate surface area is 171 Å². The molecular weight excluding hydrogens is 459 g/mol. The Morgan fingerprint density at radius 2 is 1.74 bits per heavy atom. The average Bonchev–Trinajstić information content (AvgIpc) is 3.31. The van der Waals surface area contributed by atoms with E-state index in [1.165, 1.54) is 0 Å². The van der Waals surface area contributed by atoms with Gasteiger partial charge in [-0.1, -0.05) is 12.2 Å². The number of nitrogens with zero attached hydrogens (tertiary/aromatic N) is 2. The highest BCUT2D eigenvalue weighted by Gasteiger charge is 2.59. The zero-order valence-corrected chi connectivity index (χ0v) is 17.4. The van der Waals surface area contributed by atoms with Gasteiger partial charge in [-0.05, 0) is 72.4 Å². The van der Waals surface area contributed by atoms with E-state index in [1.54, 1.807) is 6.21 Å². The fraction of sp³-hybridized carbons (Fsp3) is 0.450. The van der Waals surface area contributed by atoms with Crippen molar-refractivity contribution in [1.82, 2.24) is 5.01 Å². The van der Waals surface area contributed by atoms with Gasteiger partial charge in [-0.25, -0.2) is 0 Å². The Balaban J connectivity index is 1.58. The minimum absolute atomic E-state index is 0.177. The first-order chi connectivity index (χ1) is 13.0. The van der Waals surface area contributed by atoms with Crippen LogP contribution in [0.3, 0.4) is 0 Å². The van der Waals surface area contributed by atoms with Crippen molar-refractivity contribution in [1.29, 1.82) is 0 Å². The molecule has 1 aromatic carbocycles. The van der Waals surface area contributed by atoms with Gasteiger partial charge in [0.2, 0.25) is 0 Å². The summed E-state index contributed by atoms with van der Waals surface area (Å²) >= 11 is 2.18. The Bertz CT molecular complexity index is 821. The number of rotatable bonds is 6. The molecule has 4 atom stereocenters. The van der Waals surface area contributed by atoms with Crippen LogP contribution in [-0.4, -0.2) is 36.3 Å². The fourth-order valence-corrected chi connectivity index (χ4v) is 5.12. The Kier molecular flexibility index (Phi) is 4.96. The summed E-state index contributed by atoms with van der Waals surface area (Å²) in [5, 5.41) is 5.30. The van der Waals surface area contributed by atoms with E-state index in [1.807, 2.05) is 26.0 Å². The maximum Gasteiger partial charge on any atom is 0.254 e. The lowest BCUT2D eigenvalue weighted by Gasteiger charge is -2.14. The zero-order chi connectivity index (χ0) is 19.1. The summed E-state index contributed by atoms with van der Waals surface area (Å²) in [7, 11) is 0. The Hall–Kier alpha value is -1.90. The molecule has 142 valence electrons. The minimum atomic E-state index is -0.232. The second-order valence-corrected chi connectivity index (χ2v) is 8.09. The number of allylic oxidation sites excluding steroid dienone is 2. The second kappa shape index (κ2) is 7.26. The number of carbonyl (C=O) groups excluding carboxylic acids is 2. The van der Waals surface area contributed by atoms with Gasteiger partial charge in [-0.2, -0.15) is 10.1 Å². The van der Waals surface area contributed by atoms with E-state index in [9.17, 15) is 9.59 Å². The molecule has 1 aliphatic heterocycles. The van der Waals surface area contributed by atoms with Crippen molar-refractivity contribution in [3.05, 3.63) is 33.4 Å². The molecule has 0 unspecified atom stereocenters. The number of hydrogen-bond acceptors (Lipinski definition) is 5. The van der Waals surface area contributed by atoms with E-state index >= 15 is 0 Å². The fourth-order valence-electron chi connectivity index (χ4n) is 4.33. The topological polar surface area (TPSA) is 68.2 Å². The minimum Gasteiger partial charge on any atom is -0.490 e. The lowest BCUT2D eigenvalue weighted by atomic mass is 9.85. The lowest BCUT2D eigenvalue weighted by Crippen LogP contribution is -2.28. The van der Waals surface area contributed by atoms with Crippen molar-refractivity contribution >= 4 is 40.6 Å². The molecule has 1 heterocycles. The summed E-state index contributed by atoms with van der Waals surface area (Å²) < 4.78 is 12.2. The first-order valence-electron chi connectivity index (χ1n) is 9.24. The highest BCUT2D eigenvalue weighted by atomic mass is 127. The van der Waals surface area contributed by atoms with Crippen molar-refractivity contribution in [2.45, 2.75) is 20.3 Å². The summed E-state index contributed by atoms with van der Waals surface area (Å²) in [6.07, 6.45) is 6.62. The number of imide groups is 1. The molecule has 1 saturated heterocycles. The molecule has 27 heavy (non-hydrogen) atoms. The number of fused-ring (bicyclic) bond motifs is 5. The van der Waals surface area contributed by atoms with Gasteiger partial charge in [0.1, 0.15) is 0 Å². The van der Waals surface area contributed by atoms with Crippen molar-refractivity contribution in [3.8, 4) is 11.5 Å². The number of amides is 2. The van der Waals surface area contributed by atoms with Crippen LogP contribution in [0.5, 0.6) is 11.5 Å². The maximum atomic E-state index is 12.7. The van der Waals surface area contributed by atoms with Gasteiger partial charge in [0.25, 0.3) is 11.8 Å². The van der Waals surface area contributed by atoms with E-state index in [-0.39, 0.29) is 35.5 Å². The molecule has 4 rings (SSSR count). The summed E-state index contributed by atoms with van der Waals surface area (Å²) in [5.74, 6) is 0.884. The van der Waals surface area contributed by atoms with Gasteiger partial charge >= 0.3 is 0 Å². The molecular formula is C20H21IN2O4. The Morgan fingerprint density at radius 1 is 1.11 bits per heavy atom. The standard InChI is InChI=1S/C20H21IN2O4/c1-3-26-15-8-11(7-14(21)18(15)27-4-2)10-22-23-19(24)16-12-5-6-13(9-12)17(16)20(23)25/h5-8,10,12-13,16-17H,3-4,9H2,1-2H3/t12-,13-,16-,17+/m0/s1. The van der Waals surface area contributed by atoms with E-state index in [4.69, 9.17) is 9.47 Å². The number of ether oxygens (including phenoxy) is 2. The first kappa shape index (κ1) is 18.5. The molecule has 0 aromatic heterocycles. The second-order valence-electron chi connectivity index (χ2n) is 6.93. The molecule has 2 aliphatic carbocycles. The van der Waals surface area contributed by atoms with Gasteiger partial charge in [-0.3, -0.25) is 9.59 Å². The van der Waals surface area contributed by atoms with Gasteiger partial charge in [0.05, 0.1) is 34.8 Å². The van der Waals surface area contributed by atoms with Crippen LogP contribution >= 0.6 is 22.6 Å². The molecule has 0 spiro atoms. The van der Waals surface area contributed by atoms with E-state index in [0.29, 0.717) is 24.7 Å². The number of halogens is 1. The molecule has 2 fully saturated rings. The maximum absolute atomic E-state index is 12.7. The zero-order valence-electron chi connectivity index (χ0n) is 15.2. The average molecular weight is 480 g/mol. The predicted octanol–water partition coefficient (Wildman–Crippen LogP) is 3.23. The third-order valence-electron chi connectivity index (χ3n) is 5.39. The van der Waals surface area contributed by atoms with Crippen LogP contribution in [0.2, 0.25) is 0 Å².